The normalized spacial score (nSPS) is 30.0. The van der Waals surface area contributed by atoms with E-state index in [0.29, 0.717) is 6.10 Å². The monoisotopic (exact) mass is 226 g/mol. The van der Waals surface area contributed by atoms with Crippen molar-refractivity contribution in [3.8, 4) is 0 Å². The summed E-state index contributed by atoms with van der Waals surface area (Å²) in [5, 5.41) is 0. The Bertz CT molecular complexity index is 170. The number of rotatable bonds is 6. The smallest absolute Gasteiger partial charge is 0.0571 e. The van der Waals surface area contributed by atoms with Crippen molar-refractivity contribution >= 4 is 0 Å². The predicted octanol–water partition coefficient (Wildman–Crippen LogP) is 4.65. The standard InChI is InChI=1S/C15H30O/c1-5-12(2)6-7-13(3)14-8-10-15(16-4)11-9-14/h12-15H,5-11H2,1-4H3. The molecule has 1 aliphatic carbocycles. The molecule has 0 heterocycles. The number of ether oxygens (including phenoxy) is 1. The molecule has 1 rings (SSSR count). The molecule has 1 saturated carbocycles. The molecule has 2 unspecified atom stereocenters. The third-order valence-corrected chi connectivity index (χ3v) is 4.67. The van der Waals surface area contributed by atoms with E-state index in [0.717, 1.165) is 17.8 Å². The van der Waals surface area contributed by atoms with E-state index in [9.17, 15) is 0 Å². The number of hydrogen-bond acceptors (Lipinski definition) is 1. The minimum absolute atomic E-state index is 0.554. The van der Waals surface area contributed by atoms with Gasteiger partial charge in [0.05, 0.1) is 6.10 Å². The zero-order valence-corrected chi connectivity index (χ0v) is 11.7. The maximum absolute atomic E-state index is 5.43. The zero-order valence-electron chi connectivity index (χ0n) is 11.7. The first-order valence-corrected chi connectivity index (χ1v) is 7.20. The van der Waals surface area contributed by atoms with Crippen molar-refractivity contribution in [3.05, 3.63) is 0 Å². The van der Waals surface area contributed by atoms with E-state index in [1.807, 2.05) is 7.11 Å². The highest BCUT2D eigenvalue weighted by atomic mass is 16.5. The molecule has 0 aliphatic heterocycles. The zero-order chi connectivity index (χ0) is 12.0. The van der Waals surface area contributed by atoms with Crippen LogP contribution in [0.2, 0.25) is 0 Å². The van der Waals surface area contributed by atoms with Crippen LogP contribution < -0.4 is 0 Å². The van der Waals surface area contributed by atoms with E-state index in [1.54, 1.807) is 0 Å². The Balaban J connectivity index is 2.20. The van der Waals surface area contributed by atoms with Crippen LogP contribution in [0.3, 0.4) is 0 Å². The highest BCUT2D eigenvalue weighted by molar-refractivity contribution is 4.76. The lowest BCUT2D eigenvalue weighted by molar-refractivity contribution is 0.0466. The van der Waals surface area contributed by atoms with Gasteiger partial charge >= 0.3 is 0 Å². The Morgan fingerprint density at radius 1 is 1.06 bits per heavy atom. The van der Waals surface area contributed by atoms with Crippen molar-refractivity contribution < 1.29 is 4.74 Å². The lowest BCUT2D eigenvalue weighted by atomic mass is 9.77. The maximum Gasteiger partial charge on any atom is 0.0571 e. The summed E-state index contributed by atoms with van der Waals surface area (Å²) in [6.45, 7) is 7.15. The molecule has 1 fully saturated rings. The van der Waals surface area contributed by atoms with Crippen LogP contribution in [0.1, 0.15) is 65.7 Å². The molecule has 96 valence electrons. The van der Waals surface area contributed by atoms with Crippen LogP contribution >= 0.6 is 0 Å². The Morgan fingerprint density at radius 2 is 1.69 bits per heavy atom. The molecule has 2 atom stereocenters. The lowest BCUT2D eigenvalue weighted by Crippen LogP contribution is -2.24. The second kappa shape index (κ2) is 7.32. The number of hydrogen-bond donors (Lipinski definition) is 0. The fraction of sp³-hybridized carbons (Fsp3) is 1.00. The van der Waals surface area contributed by atoms with Crippen molar-refractivity contribution in [2.75, 3.05) is 7.11 Å². The molecule has 0 spiro atoms. The first-order chi connectivity index (χ1) is 7.67. The second-order valence-electron chi connectivity index (χ2n) is 5.84. The minimum Gasteiger partial charge on any atom is -0.381 e. The molecule has 0 aromatic carbocycles. The van der Waals surface area contributed by atoms with Gasteiger partial charge in [-0.05, 0) is 43.4 Å². The third kappa shape index (κ3) is 4.45. The summed E-state index contributed by atoms with van der Waals surface area (Å²) in [5.74, 6) is 2.81. The number of methoxy groups -OCH3 is 1. The van der Waals surface area contributed by atoms with Gasteiger partial charge < -0.3 is 4.74 Å². The van der Waals surface area contributed by atoms with Gasteiger partial charge in [-0.15, -0.1) is 0 Å². The largest absolute Gasteiger partial charge is 0.381 e. The summed E-state index contributed by atoms with van der Waals surface area (Å²) in [6.07, 6.45) is 10.1. The van der Waals surface area contributed by atoms with Crippen LogP contribution in [0, 0.1) is 17.8 Å². The van der Waals surface area contributed by atoms with Gasteiger partial charge in [0.2, 0.25) is 0 Å². The third-order valence-electron chi connectivity index (χ3n) is 4.67. The van der Waals surface area contributed by atoms with Crippen LogP contribution in [0.4, 0.5) is 0 Å². The topological polar surface area (TPSA) is 9.23 Å². The molecule has 1 aliphatic rings. The van der Waals surface area contributed by atoms with Crippen molar-refractivity contribution in [3.63, 3.8) is 0 Å². The molecule has 0 saturated heterocycles. The Kier molecular flexibility index (Phi) is 6.41. The van der Waals surface area contributed by atoms with Gasteiger partial charge in [0.15, 0.2) is 0 Å². The van der Waals surface area contributed by atoms with E-state index in [1.165, 1.54) is 44.9 Å². The van der Waals surface area contributed by atoms with Gasteiger partial charge in [-0.1, -0.05) is 40.0 Å². The SMILES string of the molecule is CCC(C)CCC(C)C1CCC(OC)CC1. The molecule has 0 aromatic heterocycles. The van der Waals surface area contributed by atoms with E-state index in [-0.39, 0.29) is 0 Å². The summed E-state index contributed by atoms with van der Waals surface area (Å²) < 4.78 is 5.43. The maximum atomic E-state index is 5.43. The first kappa shape index (κ1) is 14.0. The summed E-state index contributed by atoms with van der Waals surface area (Å²) in [4.78, 5) is 0. The van der Waals surface area contributed by atoms with Crippen LogP contribution in [0.25, 0.3) is 0 Å². The summed E-state index contributed by atoms with van der Waals surface area (Å²) in [6, 6.07) is 0. The van der Waals surface area contributed by atoms with Gasteiger partial charge in [0.1, 0.15) is 0 Å². The van der Waals surface area contributed by atoms with Gasteiger partial charge in [-0.25, -0.2) is 0 Å². The molecule has 1 nitrogen and oxygen atoms in total. The Morgan fingerprint density at radius 3 is 2.19 bits per heavy atom. The Labute approximate surface area is 102 Å². The van der Waals surface area contributed by atoms with Gasteiger partial charge in [0, 0.05) is 7.11 Å². The van der Waals surface area contributed by atoms with Crippen LogP contribution in [0.5, 0.6) is 0 Å². The molecule has 0 N–H and O–H groups in total. The van der Waals surface area contributed by atoms with Gasteiger partial charge in [0.25, 0.3) is 0 Å². The van der Waals surface area contributed by atoms with E-state index < -0.39 is 0 Å². The van der Waals surface area contributed by atoms with Crippen molar-refractivity contribution in [1.29, 1.82) is 0 Å². The highest BCUT2D eigenvalue weighted by Crippen LogP contribution is 2.34. The molecular weight excluding hydrogens is 196 g/mol. The van der Waals surface area contributed by atoms with Gasteiger partial charge in [-0.2, -0.15) is 0 Å². The fourth-order valence-electron chi connectivity index (χ4n) is 2.88. The van der Waals surface area contributed by atoms with E-state index in [2.05, 4.69) is 20.8 Å². The average molecular weight is 226 g/mol. The molecular formula is C15H30O. The van der Waals surface area contributed by atoms with Gasteiger partial charge in [-0.3, -0.25) is 0 Å². The molecule has 0 aromatic rings. The van der Waals surface area contributed by atoms with Crippen LogP contribution in [-0.4, -0.2) is 13.2 Å². The van der Waals surface area contributed by atoms with E-state index in [4.69, 9.17) is 4.74 Å². The molecule has 16 heavy (non-hydrogen) atoms. The highest BCUT2D eigenvalue weighted by Gasteiger charge is 2.24. The summed E-state index contributed by atoms with van der Waals surface area (Å²) in [7, 11) is 1.86. The van der Waals surface area contributed by atoms with Crippen LogP contribution in [-0.2, 0) is 4.74 Å². The average Bonchev–Trinajstić information content (AvgIpc) is 2.35. The first-order valence-electron chi connectivity index (χ1n) is 7.20. The van der Waals surface area contributed by atoms with E-state index >= 15 is 0 Å². The lowest BCUT2D eigenvalue weighted by Gasteiger charge is -2.32. The molecule has 0 bridgehead atoms. The fourth-order valence-corrected chi connectivity index (χ4v) is 2.88. The van der Waals surface area contributed by atoms with Crippen molar-refractivity contribution in [2.24, 2.45) is 17.8 Å². The summed E-state index contributed by atoms with van der Waals surface area (Å²) >= 11 is 0. The summed E-state index contributed by atoms with van der Waals surface area (Å²) in [5.41, 5.74) is 0. The Hall–Kier alpha value is -0.0400. The minimum atomic E-state index is 0.554. The molecule has 1 heteroatoms. The quantitative estimate of drug-likeness (QED) is 0.640. The van der Waals surface area contributed by atoms with Crippen molar-refractivity contribution in [2.45, 2.75) is 71.8 Å². The molecule has 0 amide bonds. The predicted molar refractivity (Wildman–Crippen MR) is 70.6 cm³/mol. The molecule has 0 radical (unpaired) electrons. The second-order valence-corrected chi connectivity index (χ2v) is 5.84. The van der Waals surface area contributed by atoms with Crippen LogP contribution in [0.15, 0.2) is 0 Å². The van der Waals surface area contributed by atoms with Crippen molar-refractivity contribution in [1.82, 2.24) is 0 Å².